The van der Waals surface area contributed by atoms with Crippen LogP contribution in [0.4, 0.5) is 0 Å². The van der Waals surface area contributed by atoms with E-state index >= 15 is 0 Å². The van der Waals surface area contributed by atoms with Gasteiger partial charge < -0.3 is 5.32 Å². The zero-order chi connectivity index (χ0) is 9.10. The van der Waals surface area contributed by atoms with Crippen LogP contribution in [0.2, 0.25) is 0 Å². The Kier molecular flexibility index (Phi) is 3.01. The first kappa shape index (κ1) is 9.22. The fourth-order valence-electron chi connectivity index (χ4n) is 2.32. The van der Waals surface area contributed by atoms with E-state index in [1.165, 1.54) is 25.7 Å². The molecule has 2 atom stereocenters. The maximum absolute atomic E-state index is 3.45. The topological polar surface area (TPSA) is 12.0 Å². The van der Waals surface area contributed by atoms with Crippen molar-refractivity contribution in [3.8, 4) is 0 Å². The van der Waals surface area contributed by atoms with Crippen LogP contribution in [0.3, 0.4) is 0 Å². The van der Waals surface area contributed by atoms with Crippen LogP contribution >= 0.6 is 11.3 Å². The van der Waals surface area contributed by atoms with E-state index in [9.17, 15) is 0 Å². The molecule has 0 saturated heterocycles. The van der Waals surface area contributed by atoms with Gasteiger partial charge in [-0.2, -0.15) is 0 Å². The third-order valence-corrected chi connectivity index (χ3v) is 4.05. The molecule has 0 spiro atoms. The molecule has 1 N–H and O–H groups in total. The summed E-state index contributed by atoms with van der Waals surface area (Å²) in [4.78, 5) is 1.57. The van der Waals surface area contributed by atoms with E-state index in [1.54, 1.807) is 4.88 Å². The molecule has 1 fully saturated rings. The molecule has 0 radical (unpaired) electrons. The molecule has 1 nitrogen and oxygen atoms in total. The summed E-state index contributed by atoms with van der Waals surface area (Å²) in [5.41, 5.74) is 0. The van der Waals surface area contributed by atoms with Gasteiger partial charge in [-0.3, -0.25) is 0 Å². The average Bonchev–Trinajstić information content (AvgIpc) is 2.70. The quantitative estimate of drug-likeness (QED) is 0.765. The normalized spacial score (nSPS) is 29.0. The zero-order valence-corrected chi connectivity index (χ0v) is 8.94. The van der Waals surface area contributed by atoms with Crippen molar-refractivity contribution < 1.29 is 0 Å². The summed E-state index contributed by atoms with van der Waals surface area (Å²) in [6.45, 7) is 0. The first-order valence-corrected chi connectivity index (χ1v) is 6.00. The first-order chi connectivity index (χ1) is 6.42. The van der Waals surface area contributed by atoms with Gasteiger partial charge in [-0.1, -0.05) is 18.9 Å². The predicted octanol–water partition coefficient (Wildman–Crippen LogP) is 2.99. The predicted molar refractivity (Wildman–Crippen MR) is 58.4 cm³/mol. The molecule has 0 aliphatic heterocycles. The van der Waals surface area contributed by atoms with Crippen molar-refractivity contribution in [1.82, 2.24) is 5.32 Å². The summed E-state index contributed by atoms with van der Waals surface area (Å²) in [6.07, 6.45) is 5.51. The second-order valence-electron chi connectivity index (χ2n) is 3.80. The molecular weight excluding hydrogens is 178 g/mol. The molecule has 1 saturated carbocycles. The van der Waals surface area contributed by atoms with E-state index in [0.717, 1.165) is 5.92 Å². The minimum Gasteiger partial charge on any atom is -0.316 e. The first-order valence-electron chi connectivity index (χ1n) is 5.12. The number of thiophene rings is 1. The molecule has 13 heavy (non-hydrogen) atoms. The molecule has 2 heteroatoms. The fraction of sp³-hybridized carbons (Fsp3) is 0.636. The van der Waals surface area contributed by atoms with Crippen molar-refractivity contribution in [2.45, 2.75) is 37.6 Å². The number of hydrogen-bond acceptors (Lipinski definition) is 2. The minimum atomic E-state index is 0.715. The summed E-state index contributed by atoms with van der Waals surface area (Å²) in [6, 6.07) is 5.17. The van der Waals surface area contributed by atoms with Crippen molar-refractivity contribution in [2.75, 3.05) is 7.05 Å². The van der Waals surface area contributed by atoms with Crippen LogP contribution in [0.25, 0.3) is 0 Å². The van der Waals surface area contributed by atoms with Crippen LogP contribution in [0.1, 0.15) is 36.5 Å². The maximum Gasteiger partial charge on any atom is 0.0141 e. The number of hydrogen-bond donors (Lipinski definition) is 1. The standard InChI is InChI=1S/C11H17NS/c1-12-10-6-3-2-5-9(10)11-7-4-8-13-11/h4,7-10,12H,2-3,5-6H2,1H3. The van der Waals surface area contributed by atoms with E-state index in [4.69, 9.17) is 0 Å². The van der Waals surface area contributed by atoms with Gasteiger partial charge in [0.2, 0.25) is 0 Å². The lowest BCUT2D eigenvalue weighted by Gasteiger charge is -2.30. The van der Waals surface area contributed by atoms with Crippen LogP contribution in [0.5, 0.6) is 0 Å². The molecule has 72 valence electrons. The maximum atomic E-state index is 3.45. The van der Waals surface area contributed by atoms with Gasteiger partial charge in [0.05, 0.1) is 0 Å². The van der Waals surface area contributed by atoms with Gasteiger partial charge >= 0.3 is 0 Å². The highest BCUT2D eigenvalue weighted by molar-refractivity contribution is 7.10. The second-order valence-corrected chi connectivity index (χ2v) is 4.78. The van der Waals surface area contributed by atoms with Crippen molar-refractivity contribution in [1.29, 1.82) is 0 Å². The van der Waals surface area contributed by atoms with Gasteiger partial charge in [-0.25, -0.2) is 0 Å². The molecule has 0 amide bonds. The van der Waals surface area contributed by atoms with E-state index in [-0.39, 0.29) is 0 Å². The molecule has 0 bridgehead atoms. The lowest BCUT2D eigenvalue weighted by molar-refractivity contribution is 0.347. The molecule has 1 aliphatic rings. The molecule has 1 aliphatic carbocycles. The highest BCUT2D eigenvalue weighted by Gasteiger charge is 2.25. The number of rotatable bonds is 2. The monoisotopic (exact) mass is 195 g/mol. The Morgan fingerprint density at radius 2 is 2.23 bits per heavy atom. The van der Waals surface area contributed by atoms with Crippen molar-refractivity contribution >= 4 is 11.3 Å². The summed E-state index contributed by atoms with van der Waals surface area (Å²) >= 11 is 1.91. The highest BCUT2D eigenvalue weighted by Crippen LogP contribution is 2.35. The third-order valence-electron chi connectivity index (χ3n) is 3.05. The molecule has 1 aromatic heterocycles. The van der Waals surface area contributed by atoms with Crippen molar-refractivity contribution in [2.24, 2.45) is 0 Å². The SMILES string of the molecule is CNC1CCCCC1c1cccs1. The largest absolute Gasteiger partial charge is 0.316 e. The van der Waals surface area contributed by atoms with Gasteiger partial charge in [0, 0.05) is 16.8 Å². The minimum absolute atomic E-state index is 0.715. The lowest BCUT2D eigenvalue weighted by Crippen LogP contribution is -2.34. The Morgan fingerprint density at radius 3 is 2.92 bits per heavy atom. The Hall–Kier alpha value is -0.340. The Bertz CT molecular complexity index is 243. The highest BCUT2D eigenvalue weighted by atomic mass is 32.1. The smallest absolute Gasteiger partial charge is 0.0141 e. The van der Waals surface area contributed by atoms with E-state index in [2.05, 4.69) is 29.9 Å². The van der Waals surface area contributed by atoms with Gasteiger partial charge in [-0.05, 0) is 31.3 Å². The molecule has 2 unspecified atom stereocenters. The van der Waals surface area contributed by atoms with E-state index in [0.29, 0.717) is 6.04 Å². The molecule has 2 rings (SSSR count). The molecule has 1 aromatic rings. The summed E-state index contributed by atoms with van der Waals surface area (Å²) in [5.74, 6) is 0.777. The van der Waals surface area contributed by atoms with Crippen LogP contribution < -0.4 is 5.32 Å². The van der Waals surface area contributed by atoms with E-state index in [1.807, 2.05) is 11.3 Å². The van der Waals surface area contributed by atoms with Gasteiger partial charge in [0.1, 0.15) is 0 Å². The van der Waals surface area contributed by atoms with Crippen molar-refractivity contribution in [3.05, 3.63) is 22.4 Å². The Morgan fingerprint density at radius 1 is 1.38 bits per heavy atom. The number of nitrogens with one attached hydrogen (secondary N) is 1. The summed E-state index contributed by atoms with van der Waals surface area (Å²) < 4.78 is 0. The number of likely N-dealkylation sites (N-methyl/N-ethyl adjacent to an activating group) is 1. The van der Waals surface area contributed by atoms with Gasteiger partial charge in [0.25, 0.3) is 0 Å². The molecule has 1 heterocycles. The van der Waals surface area contributed by atoms with Gasteiger partial charge in [0.15, 0.2) is 0 Å². The van der Waals surface area contributed by atoms with Crippen LogP contribution in [0.15, 0.2) is 17.5 Å². The third kappa shape index (κ3) is 1.94. The van der Waals surface area contributed by atoms with Crippen LogP contribution in [-0.2, 0) is 0 Å². The second kappa shape index (κ2) is 4.25. The summed E-state index contributed by atoms with van der Waals surface area (Å²) in [5, 5.41) is 5.64. The fourth-order valence-corrected chi connectivity index (χ4v) is 3.25. The van der Waals surface area contributed by atoms with Crippen LogP contribution in [-0.4, -0.2) is 13.1 Å². The average molecular weight is 195 g/mol. The lowest BCUT2D eigenvalue weighted by atomic mass is 9.83. The Labute approximate surface area is 84.2 Å². The zero-order valence-electron chi connectivity index (χ0n) is 8.12. The van der Waals surface area contributed by atoms with E-state index < -0.39 is 0 Å². The van der Waals surface area contributed by atoms with Gasteiger partial charge in [-0.15, -0.1) is 11.3 Å². The van der Waals surface area contributed by atoms with Crippen molar-refractivity contribution in [3.63, 3.8) is 0 Å². The molecular formula is C11H17NS. The van der Waals surface area contributed by atoms with Crippen LogP contribution in [0, 0.1) is 0 Å². The molecule has 0 aromatic carbocycles. The summed E-state index contributed by atoms with van der Waals surface area (Å²) in [7, 11) is 2.09. The Balaban J connectivity index is 2.11.